The highest BCUT2D eigenvalue weighted by atomic mass is 32.2. The molecule has 8 heteroatoms. The highest BCUT2D eigenvalue weighted by Crippen LogP contribution is 2.23. The maximum Gasteiger partial charge on any atom is 0.324 e. The molecule has 3 amide bonds. The molecule has 0 aliphatic carbocycles. The number of hydrogen-bond acceptors (Lipinski definition) is 4. The molecule has 2 rings (SSSR count). The molecule has 0 aromatic heterocycles. The van der Waals surface area contributed by atoms with E-state index in [4.69, 9.17) is 0 Å². The van der Waals surface area contributed by atoms with Crippen molar-refractivity contribution in [3.63, 3.8) is 0 Å². The average molecular weight is 283 g/mol. The van der Waals surface area contributed by atoms with Gasteiger partial charge in [0.25, 0.3) is 5.91 Å². The molecule has 19 heavy (non-hydrogen) atoms. The van der Waals surface area contributed by atoms with Crippen molar-refractivity contribution in [2.45, 2.75) is 6.04 Å². The normalized spacial score (nSPS) is 19.5. The topological polar surface area (TPSA) is 95.6 Å². The van der Waals surface area contributed by atoms with Gasteiger partial charge >= 0.3 is 6.03 Å². The van der Waals surface area contributed by atoms with Gasteiger partial charge in [0.1, 0.15) is 6.04 Å². The number of benzene rings is 1. The summed E-state index contributed by atoms with van der Waals surface area (Å²) in [5, 5.41) is 2.52. The van der Waals surface area contributed by atoms with Gasteiger partial charge in [-0.2, -0.15) is 0 Å². The minimum atomic E-state index is -3.39. The maximum absolute atomic E-state index is 11.8. The van der Waals surface area contributed by atoms with Crippen molar-refractivity contribution in [2.24, 2.45) is 0 Å². The first-order valence-corrected chi connectivity index (χ1v) is 7.33. The molecule has 1 heterocycles. The van der Waals surface area contributed by atoms with E-state index in [1.54, 1.807) is 18.2 Å². The SMILES string of the molecule is CN1C(=O)NC(c2cccc(NS(C)(=O)=O)c2)C1=O. The van der Waals surface area contributed by atoms with Crippen molar-refractivity contribution in [1.29, 1.82) is 0 Å². The van der Waals surface area contributed by atoms with Crippen LogP contribution in [0.4, 0.5) is 10.5 Å². The lowest BCUT2D eigenvalue weighted by atomic mass is 10.1. The quantitative estimate of drug-likeness (QED) is 0.779. The van der Waals surface area contributed by atoms with Crippen LogP contribution in [0.1, 0.15) is 11.6 Å². The number of carbonyl (C=O) groups is 2. The van der Waals surface area contributed by atoms with Gasteiger partial charge in [-0.05, 0) is 17.7 Å². The number of nitrogens with zero attached hydrogens (tertiary/aromatic N) is 1. The summed E-state index contributed by atoms with van der Waals surface area (Å²) in [5.74, 6) is -0.374. The molecule has 1 aliphatic heterocycles. The Bertz CT molecular complexity index is 641. The lowest BCUT2D eigenvalue weighted by Crippen LogP contribution is -2.25. The van der Waals surface area contributed by atoms with E-state index in [-0.39, 0.29) is 5.91 Å². The Balaban J connectivity index is 2.30. The van der Waals surface area contributed by atoms with Gasteiger partial charge in [-0.1, -0.05) is 12.1 Å². The minimum absolute atomic E-state index is 0.344. The molecule has 1 saturated heterocycles. The standard InChI is InChI=1S/C11H13N3O4S/c1-14-10(15)9(12-11(14)16)7-4-3-5-8(6-7)13-19(2,17)18/h3-6,9,13H,1-2H3,(H,12,16). The molecule has 0 radical (unpaired) electrons. The zero-order chi connectivity index (χ0) is 14.2. The maximum atomic E-state index is 11.8. The summed E-state index contributed by atoms with van der Waals surface area (Å²) < 4.78 is 24.6. The fraction of sp³-hybridized carbons (Fsp3) is 0.273. The third-order valence-electron chi connectivity index (χ3n) is 2.67. The van der Waals surface area contributed by atoms with Gasteiger partial charge in [-0.3, -0.25) is 14.4 Å². The minimum Gasteiger partial charge on any atom is -0.322 e. The molecule has 7 nitrogen and oxygen atoms in total. The van der Waals surface area contributed by atoms with E-state index in [0.717, 1.165) is 11.2 Å². The molecule has 1 aliphatic rings. The van der Waals surface area contributed by atoms with Gasteiger partial charge in [0.2, 0.25) is 10.0 Å². The molecule has 0 bridgehead atoms. The zero-order valence-electron chi connectivity index (χ0n) is 10.4. The number of imide groups is 1. The third kappa shape index (κ3) is 2.84. The largest absolute Gasteiger partial charge is 0.324 e. The number of rotatable bonds is 3. The Labute approximate surface area is 110 Å². The van der Waals surface area contributed by atoms with E-state index in [0.29, 0.717) is 11.3 Å². The van der Waals surface area contributed by atoms with Crippen LogP contribution >= 0.6 is 0 Å². The van der Waals surface area contributed by atoms with Crippen LogP contribution < -0.4 is 10.0 Å². The number of anilines is 1. The number of hydrogen-bond donors (Lipinski definition) is 2. The van der Waals surface area contributed by atoms with Gasteiger partial charge in [0.05, 0.1) is 6.26 Å². The van der Waals surface area contributed by atoms with Crippen molar-refractivity contribution < 1.29 is 18.0 Å². The second-order valence-corrected chi connectivity index (χ2v) is 6.03. The van der Waals surface area contributed by atoms with E-state index < -0.39 is 22.1 Å². The number of carbonyl (C=O) groups excluding carboxylic acids is 2. The first kappa shape index (κ1) is 13.3. The number of nitrogens with one attached hydrogen (secondary N) is 2. The second kappa shape index (κ2) is 4.54. The fourth-order valence-corrected chi connectivity index (χ4v) is 2.35. The van der Waals surface area contributed by atoms with Crippen LogP contribution in [0.3, 0.4) is 0 Å². The Morgan fingerprint density at radius 3 is 2.53 bits per heavy atom. The summed E-state index contributed by atoms with van der Waals surface area (Å²) in [6, 6.07) is 5.09. The van der Waals surface area contributed by atoms with Crippen molar-refractivity contribution in [2.75, 3.05) is 18.0 Å². The van der Waals surface area contributed by atoms with Crippen LogP contribution in [-0.4, -0.2) is 38.6 Å². The van der Waals surface area contributed by atoms with Crippen LogP contribution in [0.5, 0.6) is 0 Å². The predicted octanol–water partition coefficient (Wildman–Crippen LogP) is 0.281. The van der Waals surface area contributed by atoms with E-state index in [1.165, 1.54) is 13.1 Å². The van der Waals surface area contributed by atoms with Crippen LogP contribution in [-0.2, 0) is 14.8 Å². The second-order valence-electron chi connectivity index (χ2n) is 4.28. The van der Waals surface area contributed by atoms with Crippen molar-refractivity contribution >= 4 is 27.6 Å². The number of sulfonamides is 1. The summed E-state index contributed by atoms with van der Waals surface area (Å²) in [6.07, 6.45) is 1.04. The Morgan fingerprint density at radius 1 is 1.32 bits per heavy atom. The van der Waals surface area contributed by atoms with Crippen molar-refractivity contribution in [1.82, 2.24) is 10.2 Å². The van der Waals surface area contributed by atoms with Gasteiger partial charge in [0.15, 0.2) is 0 Å². The van der Waals surface area contributed by atoms with Gasteiger partial charge < -0.3 is 5.32 Å². The van der Waals surface area contributed by atoms with Gasteiger partial charge in [-0.25, -0.2) is 13.2 Å². The predicted molar refractivity (Wildman–Crippen MR) is 69.0 cm³/mol. The molecular formula is C11H13N3O4S. The summed E-state index contributed by atoms with van der Waals surface area (Å²) in [7, 11) is -2.00. The third-order valence-corrected chi connectivity index (χ3v) is 3.28. The van der Waals surface area contributed by atoms with Crippen LogP contribution in [0, 0.1) is 0 Å². The molecule has 2 N–H and O–H groups in total. The average Bonchev–Trinajstić information content (AvgIpc) is 2.55. The monoisotopic (exact) mass is 283 g/mol. The van der Waals surface area contributed by atoms with Crippen LogP contribution in [0.25, 0.3) is 0 Å². The lowest BCUT2D eigenvalue weighted by molar-refractivity contribution is -0.126. The van der Waals surface area contributed by atoms with Crippen molar-refractivity contribution in [3.8, 4) is 0 Å². The van der Waals surface area contributed by atoms with E-state index in [9.17, 15) is 18.0 Å². The molecule has 0 spiro atoms. The van der Waals surface area contributed by atoms with Crippen LogP contribution in [0.2, 0.25) is 0 Å². The number of likely N-dealkylation sites (N-methyl/N-ethyl adjacent to an activating group) is 1. The van der Waals surface area contributed by atoms with Crippen molar-refractivity contribution in [3.05, 3.63) is 29.8 Å². The molecule has 0 saturated carbocycles. The van der Waals surface area contributed by atoms with Crippen LogP contribution in [0.15, 0.2) is 24.3 Å². The van der Waals surface area contributed by atoms with E-state index >= 15 is 0 Å². The Hall–Kier alpha value is -2.09. The first-order valence-electron chi connectivity index (χ1n) is 5.44. The number of amides is 3. The van der Waals surface area contributed by atoms with Gasteiger partial charge in [0, 0.05) is 12.7 Å². The molecule has 1 unspecified atom stereocenters. The summed E-state index contributed by atoms with van der Waals surface area (Å²) in [4.78, 5) is 24.2. The first-order chi connectivity index (χ1) is 8.78. The molecule has 102 valence electrons. The summed E-state index contributed by atoms with van der Waals surface area (Å²) >= 11 is 0. The zero-order valence-corrected chi connectivity index (χ0v) is 11.2. The number of urea groups is 1. The molecular weight excluding hydrogens is 270 g/mol. The fourth-order valence-electron chi connectivity index (χ4n) is 1.80. The smallest absolute Gasteiger partial charge is 0.322 e. The Morgan fingerprint density at radius 2 is 2.00 bits per heavy atom. The van der Waals surface area contributed by atoms with Gasteiger partial charge in [-0.15, -0.1) is 0 Å². The lowest BCUT2D eigenvalue weighted by Gasteiger charge is -2.10. The summed E-state index contributed by atoms with van der Waals surface area (Å²) in [5.41, 5.74) is 0.868. The molecule has 1 fully saturated rings. The van der Waals surface area contributed by atoms with E-state index in [1.807, 2.05) is 0 Å². The Kier molecular flexibility index (Phi) is 3.19. The highest BCUT2D eigenvalue weighted by Gasteiger charge is 2.36. The van der Waals surface area contributed by atoms with E-state index in [2.05, 4.69) is 10.0 Å². The molecule has 1 atom stereocenters. The molecule has 1 aromatic rings. The highest BCUT2D eigenvalue weighted by molar-refractivity contribution is 7.92. The molecule has 1 aromatic carbocycles. The summed E-state index contributed by atoms with van der Waals surface area (Å²) in [6.45, 7) is 0.